The molecule has 1 atom stereocenters. The van der Waals surface area contributed by atoms with Crippen molar-refractivity contribution in [3.8, 4) is 0 Å². The molecular formula is C17H23ClF3N3O2. The molecule has 2 N–H and O–H groups in total. The SMILES string of the molecule is CCN(Cc1cccc(NC(=O)C(C)C2CNC2)c1)C(=O)C(F)(F)F.Cl. The largest absolute Gasteiger partial charge is 0.471 e. The molecule has 0 spiro atoms. The Kier molecular flexibility index (Phi) is 7.89. The zero-order valence-electron chi connectivity index (χ0n) is 14.6. The third-order valence-corrected chi connectivity index (χ3v) is 4.41. The van der Waals surface area contributed by atoms with Crippen LogP contribution in [0.2, 0.25) is 0 Å². The molecule has 0 saturated carbocycles. The van der Waals surface area contributed by atoms with Gasteiger partial charge in [-0.15, -0.1) is 12.4 Å². The predicted octanol–water partition coefficient (Wildman–Crippen LogP) is 2.81. The van der Waals surface area contributed by atoms with Crippen LogP contribution >= 0.6 is 12.4 Å². The first-order valence-electron chi connectivity index (χ1n) is 8.19. The molecule has 146 valence electrons. The lowest BCUT2D eigenvalue weighted by Crippen LogP contribution is -2.48. The van der Waals surface area contributed by atoms with Crippen LogP contribution in [0, 0.1) is 11.8 Å². The molecule has 0 aromatic heterocycles. The summed E-state index contributed by atoms with van der Waals surface area (Å²) in [6.45, 7) is 4.73. The maximum Gasteiger partial charge on any atom is 0.471 e. The summed E-state index contributed by atoms with van der Waals surface area (Å²) in [5.74, 6) is -1.84. The number of carbonyl (C=O) groups is 2. The van der Waals surface area contributed by atoms with E-state index in [1.54, 1.807) is 24.3 Å². The van der Waals surface area contributed by atoms with E-state index in [0.717, 1.165) is 18.0 Å². The van der Waals surface area contributed by atoms with E-state index in [4.69, 9.17) is 0 Å². The number of anilines is 1. The van der Waals surface area contributed by atoms with Gasteiger partial charge in [0.2, 0.25) is 5.91 Å². The number of amides is 2. The van der Waals surface area contributed by atoms with E-state index in [0.29, 0.717) is 17.2 Å². The Morgan fingerprint density at radius 1 is 1.35 bits per heavy atom. The number of carbonyl (C=O) groups excluding carboxylic acids is 2. The second kappa shape index (κ2) is 9.23. The highest BCUT2D eigenvalue weighted by molar-refractivity contribution is 5.92. The summed E-state index contributed by atoms with van der Waals surface area (Å²) in [7, 11) is 0. The second-order valence-electron chi connectivity index (χ2n) is 6.21. The second-order valence-corrected chi connectivity index (χ2v) is 6.21. The molecule has 5 nitrogen and oxygen atoms in total. The Hall–Kier alpha value is -1.80. The van der Waals surface area contributed by atoms with Crippen LogP contribution in [0.3, 0.4) is 0 Å². The van der Waals surface area contributed by atoms with Gasteiger partial charge in [-0.2, -0.15) is 13.2 Å². The van der Waals surface area contributed by atoms with E-state index in [-0.39, 0.29) is 37.3 Å². The molecule has 1 aromatic rings. The molecular weight excluding hydrogens is 371 g/mol. The molecule has 26 heavy (non-hydrogen) atoms. The van der Waals surface area contributed by atoms with Crippen molar-refractivity contribution in [1.82, 2.24) is 10.2 Å². The van der Waals surface area contributed by atoms with Crippen molar-refractivity contribution in [3.63, 3.8) is 0 Å². The van der Waals surface area contributed by atoms with E-state index >= 15 is 0 Å². The molecule has 0 radical (unpaired) electrons. The number of nitrogens with zero attached hydrogens (tertiary/aromatic N) is 1. The van der Waals surface area contributed by atoms with Crippen LogP contribution in [0.25, 0.3) is 0 Å². The first kappa shape index (κ1) is 22.2. The predicted molar refractivity (Wildman–Crippen MR) is 95.0 cm³/mol. The molecule has 1 aliphatic rings. The summed E-state index contributed by atoms with van der Waals surface area (Å²) in [6, 6.07) is 6.54. The Labute approximate surface area is 156 Å². The number of rotatable bonds is 6. The molecule has 1 unspecified atom stereocenters. The number of nitrogens with one attached hydrogen (secondary N) is 2. The summed E-state index contributed by atoms with van der Waals surface area (Å²) in [5, 5.41) is 5.90. The van der Waals surface area contributed by atoms with Gasteiger partial charge in [0, 0.05) is 24.7 Å². The van der Waals surface area contributed by atoms with Gasteiger partial charge in [0.15, 0.2) is 0 Å². The molecule has 1 heterocycles. The van der Waals surface area contributed by atoms with Crippen molar-refractivity contribution in [2.24, 2.45) is 11.8 Å². The average Bonchev–Trinajstić information content (AvgIpc) is 2.49. The minimum absolute atomic E-state index is 0. The standard InChI is InChI=1S/C17H22F3N3O2.ClH/c1-3-23(16(25)17(18,19)20)10-12-5-4-6-14(7-12)22-15(24)11(2)13-8-21-9-13;/h4-7,11,13,21H,3,8-10H2,1-2H3,(H,22,24);1H. The van der Waals surface area contributed by atoms with E-state index in [2.05, 4.69) is 10.6 Å². The van der Waals surface area contributed by atoms with Crippen LogP contribution in [0.5, 0.6) is 0 Å². The van der Waals surface area contributed by atoms with Gasteiger partial charge in [-0.25, -0.2) is 0 Å². The molecule has 1 saturated heterocycles. The van der Waals surface area contributed by atoms with Crippen LogP contribution < -0.4 is 10.6 Å². The van der Waals surface area contributed by atoms with E-state index < -0.39 is 12.1 Å². The van der Waals surface area contributed by atoms with Crippen LogP contribution in [-0.2, 0) is 16.1 Å². The van der Waals surface area contributed by atoms with Gasteiger partial charge in [0.1, 0.15) is 0 Å². The van der Waals surface area contributed by atoms with Crippen LogP contribution in [-0.4, -0.2) is 42.5 Å². The summed E-state index contributed by atoms with van der Waals surface area (Å²) in [5.41, 5.74) is 1.03. The summed E-state index contributed by atoms with van der Waals surface area (Å²) in [4.78, 5) is 24.3. The van der Waals surface area contributed by atoms with Gasteiger partial charge in [0.25, 0.3) is 0 Å². The van der Waals surface area contributed by atoms with Crippen molar-refractivity contribution >= 4 is 29.9 Å². The van der Waals surface area contributed by atoms with Crippen LogP contribution in [0.1, 0.15) is 19.4 Å². The number of hydrogen-bond donors (Lipinski definition) is 2. The molecule has 0 aliphatic carbocycles. The Balaban J connectivity index is 0.00000338. The van der Waals surface area contributed by atoms with Crippen molar-refractivity contribution in [2.75, 3.05) is 25.0 Å². The lowest BCUT2D eigenvalue weighted by atomic mass is 9.88. The minimum Gasteiger partial charge on any atom is -0.331 e. The minimum atomic E-state index is -4.89. The lowest BCUT2D eigenvalue weighted by Gasteiger charge is -2.31. The molecule has 2 amide bonds. The molecule has 1 aliphatic heterocycles. The molecule has 1 fully saturated rings. The number of alkyl halides is 3. The summed E-state index contributed by atoms with van der Waals surface area (Å²) >= 11 is 0. The van der Waals surface area contributed by atoms with E-state index in [9.17, 15) is 22.8 Å². The van der Waals surface area contributed by atoms with Crippen molar-refractivity contribution in [3.05, 3.63) is 29.8 Å². The lowest BCUT2D eigenvalue weighted by molar-refractivity contribution is -0.185. The quantitative estimate of drug-likeness (QED) is 0.781. The fourth-order valence-corrected chi connectivity index (χ4v) is 2.61. The summed E-state index contributed by atoms with van der Waals surface area (Å²) in [6.07, 6.45) is -4.89. The highest BCUT2D eigenvalue weighted by Gasteiger charge is 2.41. The first-order chi connectivity index (χ1) is 11.7. The van der Waals surface area contributed by atoms with Gasteiger partial charge >= 0.3 is 12.1 Å². The third kappa shape index (κ3) is 5.60. The van der Waals surface area contributed by atoms with Gasteiger partial charge in [-0.3, -0.25) is 9.59 Å². The van der Waals surface area contributed by atoms with Crippen molar-refractivity contribution in [1.29, 1.82) is 0 Å². The molecule has 2 rings (SSSR count). The van der Waals surface area contributed by atoms with E-state index in [1.165, 1.54) is 6.92 Å². The molecule has 0 bridgehead atoms. The van der Waals surface area contributed by atoms with Crippen molar-refractivity contribution in [2.45, 2.75) is 26.6 Å². The average molecular weight is 394 g/mol. The summed E-state index contributed by atoms with van der Waals surface area (Å²) < 4.78 is 37.8. The maximum atomic E-state index is 12.6. The topological polar surface area (TPSA) is 61.4 Å². The Morgan fingerprint density at radius 2 is 2.00 bits per heavy atom. The monoisotopic (exact) mass is 393 g/mol. The Morgan fingerprint density at radius 3 is 2.50 bits per heavy atom. The van der Waals surface area contributed by atoms with Crippen molar-refractivity contribution < 1.29 is 22.8 Å². The number of benzene rings is 1. The van der Waals surface area contributed by atoms with Gasteiger partial charge < -0.3 is 15.5 Å². The molecule has 1 aromatic carbocycles. The third-order valence-electron chi connectivity index (χ3n) is 4.41. The smallest absolute Gasteiger partial charge is 0.331 e. The fourth-order valence-electron chi connectivity index (χ4n) is 2.61. The fraction of sp³-hybridized carbons (Fsp3) is 0.529. The van der Waals surface area contributed by atoms with Gasteiger partial charge in [-0.1, -0.05) is 19.1 Å². The Bertz CT molecular complexity index is 636. The van der Waals surface area contributed by atoms with E-state index in [1.807, 2.05) is 6.92 Å². The highest BCUT2D eigenvalue weighted by atomic mass is 35.5. The first-order valence-corrected chi connectivity index (χ1v) is 8.19. The maximum absolute atomic E-state index is 12.6. The zero-order chi connectivity index (χ0) is 18.6. The normalized spacial score (nSPS) is 15.4. The number of halogens is 4. The van der Waals surface area contributed by atoms with Gasteiger partial charge in [0.05, 0.1) is 0 Å². The van der Waals surface area contributed by atoms with Gasteiger partial charge in [-0.05, 0) is 43.6 Å². The number of hydrogen-bond acceptors (Lipinski definition) is 3. The molecule has 9 heteroatoms. The zero-order valence-corrected chi connectivity index (χ0v) is 15.4. The van der Waals surface area contributed by atoms with Crippen LogP contribution in [0.15, 0.2) is 24.3 Å². The van der Waals surface area contributed by atoms with Crippen LogP contribution in [0.4, 0.5) is 18.9 Å². The highest BCUT2D eigenvalue weighted by Crippen LogP contribution is 2.22.